The van der Waals surface area contributed by atoms with E-state index < -0.39 is 10.0 Å². The molecule has 4 nitrogen and oxygen atoms in total. The first-order chi connectivity index (χ1) is 11.9. The monoisotopic (exact) mass is 390 g/mol. The molecule has 2 N–H and O–H groups in total. The summed E-state index contributed by atoms with van der Waals surface area (Å²) in [6, 6.07) is 12.8. The van der Waals surface area contributed by atoms with Crippen LogP contribution < -0.4 is 4.72 Å². The molecule has 25 heavy (non-hydrogen) atoms. The Morgan fingerprint density at radius 1 is 1.00 bits per heavy atom. The quantitative estimate of drug-likeness (QED) is 0.488. The number of aromatic nitrogens is 1. The molecule has 0 bridgehead atoms. The molecule has 0 atom stereocenters. The molecule has 0 spiro atoms. The van der Waals surface area contributed by atoms with Crippen LogP contribution in [0.2, 0.25) is 4.34 Å². The number of para-hydroxylation sites is 1. The second-order valence-electron chi connectivity index (χ2n) is 5.97. The van der Waals surface area contributed by atoms with Gasteiger partial charge in [-0.25, -0.2) is 8.42 Å². The van der Waals surface area contributed by atoms with E-state index in [1.165, 1.54) is 6.07 Å². The van der Waals surface area contributed by atoms with Gasteiger partial charge in [-0.2, -0.15) is 0 Å². The van der Waals surface area contributed by atoms with Crippen molar-refractivity contribution in [1.29, 1.82) is 0 Å². The topological polar surface area (TPSA) is 62.0 Å². The Morgan fingerprint density at radius 2 is 1.76 bits per heavy atom. The summed E-state index contributed by atoms with van der Waals surface area (Å²) in [5.41, 5.74) is 4.60. The number of thiophene rings is 1. The van der Waals surface area contributed by atoms with Crippen LogP contribution in [0.25, 0.3) is 21.8 Å². The molecule has 0 saturated heterocycles. The molecule has 0 aliphatic heterocycles. The number of nitrogens with one attached hydrogen (secondary N) is 2. The summed E-state index contributed by atoms with van der Waals surface area (Å²) in [6.07, 6.45) is 0. The molecule has 2 aromatic carbocycles. The Morgan fingerprint density at radius 3 is 2.48 bits per heavy atom. The third kappa shape index (κ3) is 2.70. The highest BCUT2D eigenvalue weighted by atomic mass is 35.5. The number of rotatable bonds is 3. The molecule has 0 fully saturated rings. The summed E-state index contributed by atoms with van der Waals surface area (Å²) in [4.78, 5) is 3.39. The van der Waals surface area contributed by atoms with E-state index in [0.29, 0.717) is 10.0 Å². The van der Waals surface area contributed by atoms with Crippen molar-refractivity contribution in [3.05, 3.63) is 57.9 Å². The summed E-state index contributed by atoms with van der Waals surface area (Å²) < 4.78 is 28.6. The zero-order valence-corrected chi connectivity index (χ0v) is 15.9. The van der Waals surface area contributed by atoms with Crippen molar-refractivity contribution in [3.63, 3.8) is 0 Å². The van der Waals surface area contributed by atoms with Gasteiger partial charge in [0.1, 0.15) is 4.21 Å². The van der Waals surface area contributed by atoms with Crippen molar-refractivity contribution < 1.29 is 8.42 Å². The fourth-order valence-electron chi connectivity index (χ4n) is 3.06. The molecule has 2 aromatic heterocycles. The van der Waals surface area contributed by atoms with Gasteiger partial charge in [0, 0.05) is 16.3 Å². The first-order valence-electron chi connectivity index (χ1n) is 7.65. The van der Waals surface area contributed by atoms with E-state index in [1.54, 1.807) is 12.1 Å². The summed E-state index contributed by atoms with van der Waals surface area (Å²) in [5, 5.41) is 2.12. The molecule has 4 rings (SSSR count). The van der Waals surface area contributed by atoms with E-state index in [1.807, 2.05) is 19.1 Å². The average molecular weight is 391 g/mol. The highest BCUT2D eigenvalue weighted by Crippen LogP contribution is 2.35. The number of fused-ring (bicyclic) bond motifs is 3. The maximum Gasteiger partial charge on any atom is 0.271 e. The number of aromatic amines is 1. The van der Waals surface area contributed by atoms with Gasteiger partial charge in [-0.15, -0.1) is 11.3 Å². The minimum atomic E-state index is -3.68. The van der Waals surface area contributed by atoms with Gasteiger partial charge in [-0.3, -0.25) is 4.72 Å². The standard InChI is InChI=1S/C18H15ClN2O2S2/c1-10-6-7-11(2)17-16(10)12-4-3-5-13(18(12)20-17)21-25(22,23)15-9-8-14(19)24-15/h3-9,20-21H,1-2H3. The second-order valence-corrected chi connectivity index (χ2v) is 9.59. The van der Waals surface area contributed by atoms with Gasteiger partial charge in [0.15, 0.2) is 0 Å². The Bertz CT molecular complexity index is 1220. The first-order valence-corrected chi connectivity index (χ1v) is 10.3. The molecule has 0 unspecified atom stereocenters. The van der Waals surface area contributed by atoms with Crippen LogP contribution >= 0.6 is 22.9 Å². The molecule has 4 aromatic rings. The Labute approximate surface area is 154 Å². The first kappa shape index (κ1) is 16.4. The third-order valence-corrected chi connectivity index (χ3v) is 7.35. The SMILES string of the molecule is Cc1ccc(C)c2c1[nH]c1c(NS(=O)(=O)c3ccc(Cl)s3)cccc12. The molecule has 0 amide bonds. The van der Waals surface area contributed by atoms with E-state index in [4.69, 9.17) is 11.6 Å². The number of hydrogen-bond donors (Lipinski definition) is 2. The Hall–Kier alpha value is -2.02. The van der Waals surface area contributed by atoms with Crippen molar-refractivity contribution in [2.45, 2.75) is 18.1 Å². The van der Waals surface area contributed by atoms with E-state index >= 15 is 0 Å². The van der Waals surface area contributed by atoms with E-state index in [0.717, 1.165) is 44.3 Å². The minimum Gasteiger partial charge on any atom is -0.353 e. The number of benzene rings is 2. The summed E-state index contributed by atoms with van der Waals surface area (Å²) >= 11 is 6.91. The van der Waals surface area contributed by atoms with Crippen LogP contribution in [-0.2, 0) is 10.0 Å². The Kier molecular flexibility index (Phi) is 3.79. The molecule has 7 heteroatoms. The van der Waals surface area contributed by atoms with Gasteiger partial charge in [-0.05, 0) is 43.2 Å². The molecular formula is C18H15ClN2O2S2. The summed E-state index contributed by atoms with van der Waals surface area (Å²) in [7, 11) is -3.68. The van der Waals surface area contributed by atoms with Crippen molar-refractivity contribution in [2.75, 3.05) is 4.72 Å². The van der Waals surface area contributed by atoms with Crippen LogP contribution in [0.15, 0.2) is 46.7 Å². The maximum atomic E-state index is 12.6. The zero-order chi connectivity index (χ0) is 17.8. The molecule has 0 saturated carbocycles. The van der Waals surface area contributed by atoms with Gasteiger partial charge in [0.25, 0.3) is 10.0 Å². The predicted molar refractivity (Wildman–Crippen MR) is 105 cm³/mol. The fraction of sp³-hybridized carbons (Fsp3) is 0.111. The number of hydrogen-bond acceptors (Lipinski definition) is 3. The number of anilines is 1. The summed E-state index contributed by atoms with van der Waals surface area (Å²) in [6.45, 7) is 4.09. The van der Waals surface area contributed by atoms with Crippen LogP contribution in [0.1, 0.15) is 11.1 Å². The lowest BCUT2D eigenvalue weighted by Gasteiger charge is -2.07. The zero-order valence-electron chi connectivity index (χ0n) is 13.6. The normalized spacial score (nSPS) is 12.1. The minimum absolute atomic E-state index is 0.193. The van der Waals surface area contributed by atoms with Crippen molar-refractivity contribution in [2.24, 2.45) is 0 Å². The van der Waals surface area contributed by atoms with Crippen LogP contribution in [0.3, 0.4) is 0 Å². The van der Waals surface area contributed by atoms with E-state index in [-0.39, 0.29) is 4.21 Å². The lowest BCUT2D eigenvalue weighted by Crippen LogP contribution is -2.11. The van der Waals surface area contributed by atoms with Gasteiger partial charge >= 0.3 is 0 Å². The maximum absolute atomic E-state index is 12.6. The smallest absolute Gasteiger partial charge is 0.271 e. The van der Waals surface area contributed by atoms with Crippen molar-refractivity contribution in [1.82, 2.24) is 4.98 Å². The number of aryl methyl sites for hydroxylation is 2. The highest BCUT2D eigenvalue weighted by molar-refractivity contribution is 7.94. The van der Waals surface area contributed by atoms with Crippen molar-refractivity contribution >= 4 is 60.5 Å². The second kappa shape index (κ2) is 5.76. The lowest BCUT2D eigenvalue weighted by molar-refractivity contribution is 0.603. The molecule has 128 valence electrons. The predicted octanol–water partition coefficient (Wildman–Crippen LogP) is 5.45. The van der Waals surface area contributed by atoms with Crippen molar-refractivity contribution in [3.8, 4) is 0 Å². The van der Waals surface area contributed by atoms with Gasteiger partial charge in [0.2, 0.25) is 0 Å². The van der Waals surface area contributed by atoms with E-state index in [9.17, 15) is 8.42 Å². The van der Waals surface area contributed by atoms with E-state index in [2.05, 4.69) is 28.8 Å². The lowest BCUT2D eigenvalue weighted by atomic mass is 10.0. The fourth-order valence-corrected chi connectivity index (χ4v) is 5.62. The average Bonchev–Trinajstić information content (AvgIpc) is 3.16. The highest BCUT2D eigenvalue weighted by Gasteiger charge is 2.19. The van der Waals surface area contributed by atoms with Crippen LogP contribution in [-0.4, -0.2) is 13.4 Å². The van der Waals surface area contributed by atoms with Gasteiger partial charge in [-0.1, -0.05) is 35.9 Å². The number of sulfonamides is 1. The molecule has 0 aliphatic rings. The van der Waals surface area contributed by atoms with Gasteiger partial charge in [0.05, 0.1) is 15.5 Å². The number of H-pyrrole nitrogens is 1. The molecule has 0 radical (unpaired) electrons. The van der Waals surface area contributed by atoms with Crippen LogP contribution in [0.5, 0.6) is 0 Å². The molecule has 2 heterocycles. The Balaban J connectivity index is 1.91. The third-order valence-electron chi connectivity index (χ3n) is 4.26. The molecular weight excluding hydrogens is 376 g/mol. The number of halogens is 1. The summed E-state index contributed by atoms with van der Waals surface area (Å²) in [5.74, 6) is 0. The largest absolute Gasteiger partial charge is 0.353 e. The molecule has 0 aliphatic carbocycles. The van der Waals surface area contributed by atoms with Crippen LogP contribution in [0, 0.1) is 13.8 Å². The van der Waals surface area contributed by atoms with Crippen LogP contribution in [0.4, 0.5) is 5.69 Å². The van der Waals surface area contributed by atoms with Gasteiger partial charge < -0.3 is 4.98 Å².